The molecule has 29 heavy (non-hydrogen) atoms. The van der Waals surface area contributed by atoms with Crippen LogP contribution in [0.3, 0.4) is 0 Å². The summed E-state index contributed by atoms with van der Waals surface area (Å²) in [5, 5.41) is 10.0. The number of benzene rings is 1. The predicted molar refractivity (Wildman–Crippen MR) is 107 cm³/mol. The molecule has 0 spiro atoms. The Morgan fingerprint density at radius 3 is 2.66 bits per heavy atom. The lowest BCUT2D eigenvalue weighted by Crippen LogP contribution is -2.31. The maximum Gasteiger partial charge on any atom is 0.226 e. The molecule has 1 aromatic carbocycles. The third kappa shape index (κ3) is 3.35. The monoisotopic (exact) mass is 392 g/mol. The number of hydrogen-bond acceptors (Lipinski definition) is 5. The first-order chi connectivity index (χ1) is 14.2. The third-order valence-electron chi connectivity index (χ3n) is 5.61. The first-order valence-electron chi connectivity index (χ1n) is 9.90. The van der Waals surface area contributed by atoms with Gasteiger partial charge in [0.05, 0.1) is 5.69 Å². The van der Waals surface area contributed by atoms with E-state index in [1.54, 1.807) is 18.5 Å². The van der Waals surface area contributed by atoms with E-state index in [0.717, 1.165) is 43.0 Å². The number of amides is 1. The van der Waals surface area contributed by atoms with Gasteiger partial charge < -0.3 is 10.2 Å². The number of nitrogens with zero attached hydrogens (tertiary/aromatic N) is 4. The van der Waals surface area contributed by atoms with Crippen molar-refractivity contribution in [3.8, 4) is 11.3 Å². The standard InChI is InChI=1S/C21H21FN6O/c22-15-6-4-5-13(9-15)19-18-16(10-17(29)25-20(18)27-26-19)14-11-23-21(24-12-14)28-7-2-1-3-8-28/h4-6,9,11-12,16H,1-3,7-8,10H2,(H2,25,26,27,29). The SMILES string of the molecule is O=C1CC(c2cnc(N3CCCCC3)nc2)c2c(n[nH]c2-c2cccc(F)c2)N1. The molecule has 0 aliphatic carbocycles. The van der Waals surface area contributed by atoms with Gasteiger partial charge in [0.15, 0.2) is 5.82 Å². The number of halogens is 1. The van der Waals surface area contributed by atoms with E-state index in [1.165, 1.54) is 18.6 Å². The molecule has 1 amide bonds. The van der Waals surface area contributed by atoms with Gasteiger partial charge in [0.2, 0.25) is 11.9 Å². The lowest BCUT2D eigenvalue weighted by molar-refractivity contribution is -0.116. The van der Waals surface area contributed by atoms with Crippen LogP contribution < -0.4 is 10.2 Å². The quantitative estimate of drug-likeness (QED) is 0.713. The van der Waals surface area contributed by atoms with Crippen molar-refractivity contribution < 1.29 is 9.18 Å². The number of hydrogen-bond donors (Lipinski definition) is 2. The average molecular weight is 392 g/mol. The van der Waals surface area contributed by atoms with Gasteiger partial charge in [-0.15, -0.1) is 0 Å². The second-order valence-electron chi connectivity index (χ2n) is 7.54. The molecule has 3 aromatic rings. The highest BCUT2D eigenvalue weighted by Gasteiger charge is 2.32. The summed E-state index contributed by atoms with van der Waals surface area (Å²) in [5.74, 6) is 0.527. The number of piperidine rings is 1. The molecule has 2 aliphatic heterocycles. The van der Waals surface area contributed by atoms with Crippen LogP contribution in [0, 0.1) is 5.82 Å². The molecule has 7 nitrogen and oxygen atoms in total. The molecule has 0 bridgehead atoms. The fourth-order valence-electron chi connectivity index (χ4n) is 4.17. The Hall–Kier alpha value is -3.29. The molecule has 1 unspecified atom stereocenters. The number of nitrogens with one attached hydrogen (secondary N) is 2. The van der Waals surface area contributed by atoms with Crippen molar-refractivity contribution in [1.82, 2.24) is 20.2 Å². The molecule has 2 aromatic heterocycles. The summed E-state index contributed by atoms with van der Waals surface area (Å²) in [5.41, 5.74) is 3.07. The van der Waals surface area contributed by atoms with Crippen molar-refractivity contribution in [2.75, 3.05) is 23.3 Å². The highest BCUT2D eigenvalue weighted by molar-refractivity contribution is 5.96. The molecular weight excluding hydrogens is 371 g/mol. The number of H-pyrrole nitrogens is 1. The van der Waals surface area contributed by atoms with E-state index in [1.807, 2.05) is 6.07 Å². The van der Waals surface area contributed by atoms with Crippen molar-refractivity contribution in [2.24, 2.45) is 0 Å². The molecule has 0 saturated carbocycles. The van der Waals surface area contributed by atoms with Crippen LogP contribution in [0.25, 0.3) is 11.3 Å². The van der Waals surface area contributed by atoms with Crippen LogP contribution in [0.5, 0.6) is 0 Å². The van der Waals surface area contributed by atoms with Gasteiger partial charge in [-0.2, -0.15) is 5.10 Å². The minimum atomic E-state index is -0.323. The Kier molecular flexibility index (Phi) is 4.46. The maximum atomic E-state index is 13.8. The number of carbonyl (C=O) groups excluding carboxylic acids is 1. The molecule has 1 atom stereocenters. The van der Waals surface area contributed by atoms with Crippen LogP contribution in [0.2, 0.25) is 0 Å². The second-order valence-corrected chi connectivity index (χ2v) is 7.54. The smallest absolute Gasteiger partial charge is 0.226 e. The van der Waals surface area contributed by atoms with Gasteiger partial charge in [-0.1, -0.05) is 12.1 Å². The van der Waals surface area contributed by atoms with Crippen LogP contribution in [0.4, 0.5) is 16.2 Å². The molecule has 0 radical (unpaired) electrons. The topological polar surface area (TPSA) is 86.8 Å². The zero-order valence-corrected chi connectivity index (χ0v) is 15.9. The highest BCUT2D eigenvalue weighted by Crippen LogP contribution is 2.41. The third-order valence-corrected chi connectivity index (χ3v) is 5.61. The maximum absolute atomic E-state index is 13.8. The van der Waals surface area contributed by atoms with Crippen molar-refractivity contribution in [3.63, 3.8) is 0 Å². The van der Waals surface area contributed by atoms with Gasteiger partial charge in [0.1, 0.15) is 5.82 Å². The zero-order valence-electron chi connectivity index (χ0n) is 15.9. The van der Waals surface area contributed by atoms with Crippen molar-refractivity contribution in [2.45, 2.75) is 31.6 Å². The van der Waals surface area contributed by atoms with Gasteiger partial charge >= 0.3 is 0 Å². The summed E-state index contributed by atoms with van der Waals surface area (Å²) < 4.78 is 13.8. The molecule has 4 heterocycles. The fourth-order valence-corrected chi connectivity index (χ4v) is 4.17. The second kappa shape index (κ2) is 7.27. The Morgan fingerprint density at radius 1 is 1.10 bits per heavy atom. The normalized spacial score (nSPS) is 19.0. The lowest BCUT2D eigenvalue weighted by Gasteiger charge is -2.27. The first kappa shape index (κ1) is 17.8. The minimum Gasteiger partial charge on any atom is -0.341 e. The molecule has 148 valence electrons. The molecule has 1 fully saturated rings. The van der Waals surface area contributed by atoms with E-state index in [0.29, 0.717) is 17.1 Å². The van der Waals surface area contributed by atoms with E-state index in [-0.39, 0.29) is 24.1 Å². The number of rotatable bonds is 3. The van der Waals surface area contributed by atoms with Crippen LogP contribution in [-0.4, -0.2) is 39.2 Å². The minimum absolute atomic E-state index is 0.111. The van der Waals surface area contributed by atoms with Crippen molar-refractivity contribution in [1.29, 1.82) is 0 Å². The van der Waals surface area contributed by atoms with Gasteiger partial charge in [-0.25, -0.2) is 14.4 Å². The van der Waals surface area contributed by atoms with Crippen LogP contribution in [0.15, 0.2) is 36.7 Å². The molecule has 2 aliphatic rings. The first-order valence-corrected chi connectivity index (χ1v) is 9.90. The van der Waals surface area contributed by atoms with Gasteiger partial charge in [0.25, 0.3) is 0 Å². The van der Waals surface area contributed by atoms with Crippen LogP contribution >= 0.6 is 0 Å². The van der Waals surface area contributed by atoms with Crippen LogP contribution in [-0.2, 0) is 4.79 Å². The Balaban J connectivity index is 1.52. The number of fused-ring (bicyclic) bond motifs is 1. The molecule has 8 heteroatoms. The van der Waals surface area contributed by atoms with E-state index in [9.17, 15) is 9.18 Å². The van der Waals surface area contributed by atoms with E-state index in [2.05, 4.69) is 30.4 Å². The van der Waals surface area contributed by atoms with E-state index >= 15 is 0 Å². The van der Waals surface area contributed by atoms with E-state index in [4.69, 9.17) is 0 Å². The summed E-state index contributed by atoms with van der Waals surface area (Å²) in [6, 6.07) is 6.33. The average Bonchev–Trinajstić information content (AvgIpc) is 3.18. The van der Waals surface area contributed by atoms with Gasteiger partial charge in [-0.05, 0) is 37.0 Å². The summed E-state index contributed by atoms with van der Waals surface area (Å²) in [7, 11) is 0. The highest BCUT2D eigenvalue weighted by atomic mass is 19.1. The number of aromatic nitrogens is 4. The van der Waals surface area contributed by atoms with Crippen molar-refractivity contribution in [3.05, 3.63) is 53.6 Å². The van der Waals surface area contributed by atoms with Crippen molar-refractivity contribution >= 4 is 17.7 Å². The number of anilines is 2. The van der Waals surface area contributed by atoms with Gasteiger partial charge in [0, 0.05) is 48.9 Å². The largest absolute Gasteiger partial charge is 0.341 e. The summed E-state index contributed by atoms with van der Waals surface area (Å²) in [6.07, 6.45) is 7.42. The molecular formula is C21H21FN6O. The van der Waals surface area contributed by atoms with E-state index < -0.39 is 0 Å². The van der Waals surface area contributed by atoms with Gasteiger partial charge in [-0.3, -0.25) is 9.89 Å². The van der Waals surface area contributed by atoms with Crippen LogP contribution in [0.1, 0.15) is 42.7 Å². The lowest BCUT2D eigenvalue weighted by atomic mass is 9.86. The predicted octanol–water partition coefficient (Wildman–Crippen LogP) is 3.47. The zero-order chi connectivity index (χ0) is 19.8. The summed E-state index contributed by atoms with van der Waals surface area (Å²) >= 11 is 0. The molecule has 1 saturated heterocycles. The summed E-state index contributed by atoms with van der Waals surface area (Å²) in [6.45, 7) is 1.95. The number of carbonyl (C=O) groups is 1. The fraction of sp³-hybridized carbons (Fsp3) is 0.333. The Bertz CT molecular complexity index is 1040. The molecule has 2 N–H and O–H groups in total. The Morgan fingerprint density at radius 2 is 1.90 bits per heavy atom. The number of aromatic amines is 1. The Labute approximate surface area is 167 Å². The molecule has 5 rings (SSSR count). The summed E-state index contributed by atoms with van der Waals surface area (Å²) in [4.78, 5) is 23.6.